The van der Waals surface area contributed by atoms with E-state index in [0.717, 1.165) is 6.54 Å². The standard InChI is InChI=1S/C17H27N3O3/c1-5-18-10-11-19-17(22)15(12(2)3)20-16(21)13-6-8-14(23-4)9-7-13/h6-9,12,15,18H,5,10-11H2,1-4H3,(H,19,22)(H,20,21). The number of methoxy groups -OCH3 is 1. The molecule has 6 nitrogen and oxygen atoms in total. The van der Waals surface area contributed by atoms with Gasteiger partial charge in [0.15, 0.2) is 0 Å². The predicted molar refractivity (Wildman–Crippen MR) is 90.6 cm³/mol. The van der Waals surface area contributed by atoms with Gasteiger partial charge in [0.05, 0.1) is 7.11 Å². The second kappa shape index (κ2) is 9.84. The van der Waals surface area contributed by atoms with E-state index in [1.165, 1.54) is 0 Å². The van der Waals surface area contributed by atoms with Crippen LogP contribution < -0.4 is 20.7 Å². The van der Waals surface area contributed by atoms with Crippen molar-refractivity contribution in [2.24, 2.45) is 5.92 Å². The number of likely N-dealkylation sites (N-methyl/N-ethyl adjacent to an activating group) is 1. The fraction of sp³-hybridized carbons (Fsp3) is 0.529. The Morgan fingerprint density at radius 2 is 1.78 bits per heavy atom. The molecule has 0 saturated heterocycles. The largest absolute Gasteiger partial charge is 0.497 e. The molecule has 0 spiro atoms. The zero-order chi connectivity index (χ0) is 17.2. The highest BCUT2D eigenvalue weighted by molar-refractivity contribution is 5.97. The van der Waals surface area contributed by atoms with Crippen molar-refractivity contribution >= 4 is 11.8 Å². The van der Waals surface area contributed by atoms with Crippen LogP contribution in [0.1, 0.15) is 31.1 Å². The van der Waals surface area contributed by atoms with Gasteiger partial charge in [-0.1, -0.05) is 20.8 Å². The first-order chi connectivity index (χ1) is 11.0. The van der Waals surface area contributed by atoms with E-state index in [2.05, 4.69) is 16.0 Å². The molecule has 0 saturated carbocycles. The first-order valence-corrected chi connectivity index (χ1v) is 7.93. The van der Waals surface area contributed by atoms with E-state index < -0.39 is 6.04 Å². The Bertz CT molecular complexity index is 500. The molecule has 0 aliphatic heterocycles. The predicted octanol–water partition coefficient (Wildman–Crippen LogP) is 1.18. The molecule has 23 heavy (non-hydrogen) atoms. The van der Waals surface area contributed by atoms with E-state index in [1.54, 1.807) is 31.4 Å². The zero-order valence-electron chi connectivity index (χ0n) is 14.3. The van der Waals surface area contributed by atoms with Gasteiger partial charge in [0.2, 0.25) is 5.91 Å². The Labute approximate surface area is 138 Å². The van der Waals surface area contributed by atoms with Crippen LogP contribution >= 0.6 is 0 Å². The number of rotatable bonds is 9. The van der Waals surface area contributed by atoms with Crippen LogP contribution in [-0.2, 0) is 4.79 Å². The van der Waals surface area contributed by atoms with Gasteiger partial charge in [-0.25, -0.2) is 0 Å². The summed E-state index contributed by atoms with van der Waals surface area (Å²) in [4.78, 5) is 24.5. The molecule has 0 fully saturated rings. The lowest BCUT2D eigenvalue weighted by molar-refractivity contribution is -0.123. The highest BCUT2D eigenvalue weighted by atomic mass is 16.5. The van der Waals surface area contributed by atoms with E-state index in [0.29, 0.717) is 24.4 Å². The summed E-state index contributed by atoms with van der Waals surface area (Å²) in [6.45, 7) is 7.92. The summed E-state index contributed by atoms with van der Waals surface area (Å²) in [5.41, 5.74) is 0.497. The van der Waals surface area contributed by atoms with Crippen molar-refractivity contribution in [1.82, 2.24) is 16.0 Å². The summed E-state index contributed by atoms with van der Waals surface area (Å²) in [7, 11) is 1.57. The molecule has 1 aromatic rings. The van der Waals surface area contributed by atoms with Gasteiger partial charge < -0.3 is 20.7 Å². The second-order valence-corrected chi connectivity index (χ2v) is 5.57. The summed E-state index contributed by atoms with van der Waals surface area (Å²) in [5, 5.41) is 8.77. The maximum absolute atomic E-state index is 12.3. The Morgan fingerprint density at radius 1 is 1.13 bits per heavy atom. The topological polar surface area (TPSA) is 79.5 Å². The third-order valence-electron chi connectivity index (χ3n) is 3.44. The molecule has 3 N–H and O–H groups in total. The maximum Gasteiger partial charge on any atom is 0.251 e. The number of carbonyl (C=O) groups excluding carboxylic acids is 2. The molecular weight excluding hydrogens is 294 g/mol. The number of hydrogen-bond acceptors (Lipinski definition) is 4. The minimum absolute atomic E-state index is 0.00340. The van der Waals surface area contributed by atoms with Crippen LogP contribution in [0.2, 0.25) is 0 Å². The number of ether oxygens (including phenoxy) is 1. The number of hydrogen-bond donors (Lipinski definition) is 3. The van der Waals surface area contributed by atoms with Crippen LogP contribution in [0.3, 0.4) is 0 Å². The van der Waals surface area contributed by atoms with Crippen LogP contribution in [0.5, 0.6) is 5.75 Å². The third kappa shape index (κ3) is 6.28. The minimum atomic E-state index is -0.564. The maximum atomic E-state index is 12.3. The molecule has 0 heterocycles. The summed E-state index contributed by atoms with van der Waals surface area (Å²) >= 11 is 0. The third-order valence-corrected chi connectivity index (χ3v) is 3.44. The lowest BCUT2D eigenvalue weighted by Crippen LogP contribution is -2.50. The van der Waals surface area contributed by atoms with Crippen LogP contribution in [0, 0.1) is 5.92 Å². The van der Waals surface area contributed by atoms with Crippen molar-refractivity contribution in [3.05, 3.63) is 29.8 Å². The lowest BCUT2D eigenvalue weighted by atomic mass is 10.0. The number of nitrogens with one attached hydrogen (secondary N) is 3. The highest BCUT2D eigenvalue weighted by Crippen LogP contribution is 2.12. The van der Waals surface area contributed by atoms with Gasteiger partial charge in [0, 0.05) is 18.7 Å². The molecule has 128 valence electrons. The van der Waals surface area contributed by atoms with Crippen LogP contribution in [0.15, 0.2) is 24.3 Å². The zero-order valence-corrected chi connectivity index (χ0v) is 14.3. The van der Waals surface area contributed by atoms with Crippen LogP contribution in [0.4, 0.5) is 0 Å². The van der Waals surface area contributed by atoms with Crippen molar-refractivity contribution < 1.29 is 14.3 Å². The van der Waals surface area contributed by atoms with Crippen molar-refractivity contribution in [1.29, 1.82) is 0 Å². The van der Waals surface area contributed by atoms with E-state index in [1.807, 2.05) is 20.8 Å². The highest BCUT2D eigenvalue weighted by Gasteiger charge is 2.24. The number of carbonyl (C=O) groups is 2. The average molecular weight is 321 g/mol. The SMILES string of the molecule is CCNCCNC(=O)C(NC(=O)c1ccc(OC)cc1)C(C)C. The van der Waals surface area contributed by atoms with Gasteiger partial charge in [0.25, 0.3) is 5.91 Å². The quantitative estimate of drug-likeness (QED) is 0.597. The van der Waals surface area contributed by atoms with Crippen LogP contribution in [-0.4, -0.2) is 44.6 Å². The first kappa shape index (κ1) is 19.0. The van der Waals surface area contributed by atoms with E-state index in [-0.39, 0.29) is 17.7 Å². The molecule has 1 rings (SSSR count). The molecule has 0 aliphatic rings. The van der Waals surface area contributed by atoms with Gasteiger partial charge in [-0.15, -0.1) is 0 Å². The van der Waals surface area contributed by atoms with Gasteiger partial charge >= 0.3 is 0 Å². The smallest absolute Gasteiger partial charge is 0.251 e. The molecular formula is C17H27N3O3. The van der Waals surface area contributed by atoms with Crippen LogP contribution in [0.25, 0.3) is 0 Å². The van der Waals surface area contributed by atoms with Crippen molar-refractivity contribution in [2.45, 2.75) is 26.8 Å². The Morgan fingerprint density at radius 3 is 2.30 bits per heavy atom. The monoisotopic (exact) mass is 321 g/mol. The van der Waals surface area contributed by atoms with E-state index in [4.69, 9.17) is 4.74 Å². The van der Waals surface area contributed by atoms with E-state index >= 15 is 0 Å². The molecule has 6 heteroatoms. The fourth-order valence-electron chi connectivity index (χ4n) is 2.06. The second-order valence-electron chi connectivity index (χ2n) is 5.57. The molecule has 0 radical (unpaired) electrons. The van der Waals surface area contributed by atoms with Gasteiger partial charge in [0.1, 0.15) is 11.8 Å². The molecule has 0 aliphatic carbocycles. The van der Waals surface area contributed by atoms with Crippen molar-refractivity contribution in [3.63, 3.8) is 0 Å². The molecule has 1 unspecified atom stereocenters. The summed E-state index contributed by atoms with van der Waals surface area (Å²) in [5.74, 6) is 0.243. The normalized spacial score (nSPS) is 11.9. The van der Waals surface area contributed by atoms with Gasteiger partial charge in [-0.3, -0.25) is 9.59 Å². The summed E-state index contributed by atoms with van der Waals surface area (Å²) in [6, 6.07) is 6.22. The average Bonchev–Trinajstić information content (AvgIpc) is 2.56. The molecule has 0 aromatic heterocycles. The Hall–Kier alpha value is -2.08. The lowest BCUT2D eigenvalue weighted by Gasteiger charge is -2.22. The van der Waals surface area contributed by atoms with Crippen molar-refractivity contribution in [2.75, 3.05) is 26.7 Å². The minimum Gasteiger partial charge on any atom is -0.497 e. The molecule has 0 bridgehead atoms. The van der Waals surface area contributed by atoms with Gasteiger partial charge in [-0.05, 0) is 36.7 Å². The summed E-state index contributed by atoms with van der Waals surface area (Å²) in [6.07, 6.45) is 0. The number of benzene rings is 1. The number of amides is 2. The summed E-state index contributed by atoms with van der Waals surface area (Å²) < 4.78 is 5.07. The Kier molecular flexibility index (Phi) is 8.11. The molecule has 1 aromatic carbocycles. The molecule has 2 amide bonds. The van der Waals surface area contributed by atoms with Crippen molar-refractivity contribution in [3.8, 4) is 5.75 Å². The molecule has 1 atom stereocenters. The van der Waals surface area contributed by atoms with Gasteiger partial charge in [-0.2, -0.15) is 0 Å². The van der Waals surface area contributed by atoms with E-state index in [9.17, 15) is 9.59 Å². The first-order valence-electron chi connectivity index (χ1n) is 7.93. The Balaban J connectivity index is 2.63. The fourth-order valence-corrected chi connectivity index (χ4v) is 2.06.